The summed E-state index contributed by atoms with van der Waals surface area (Å²) in [6.45, 7) is 14.8. The number of likely N-dealkylation sites (N-methyl/N-ethyl adjacent to an activating group) is 1. The molecule has 2 N–H and O–H groups in total. The minimum Gasteiger partial charge on any atom is -0.329 e. The number of nitrogens with zero attached hydrogens (tertiary/aromatic N) is 2. The zero-order chi connectivity index (χ0) is 13.6. The lowest BCUT2D eigenvalue weighted by Crippen LogP contribution is -2.56. The van der Waals surface area contributed by atoms with Crippen LogP contribution in [0.2, 0.25) is 0 Å². The van der Waals surface area contributed by atoms with Gasteiger partial charge in [-0.1, -0.05) is 13.8 Å². The normalized spacial score (nSPS) is 26.8. The average Bonchev–Trinajstić information content (AvgIpc) is 2.54. The highest BCUT2D eigenvalue weighted by Gasteiger charge is 2.37. The van der Waals surface area contributed by atoms with Gasteiger partial charge in [0.15, 0.2) is 0 Å². The minimum absolute atomic E-state index is 0.241. The van der Waals surface area contributed by atoms with Gasteiger partial charge in [0, 0.05) is 18.1 Å². The third kappa shape index (κ3) is 3.69. The molecule has 3 heteroatoms. The zero-order valence-electron chi connectivity index (χ0n) is 12.9. The summed E-state index contributed by atoms with van der Waals surface area (Å²) in [6.07, 6.45) is 5.04. The molecule has 108 valence electrons. The van der Waals surface area contributed by atoms with Crippen LogP contribution in [0.1, 0.15) is 53.4 Å². The van der Waals surface area contributed by atoms with Crippen molar-refractivity contribution in [2.75, 3.05) is 32.7 Å². The maximum atomic E-state index is 6.18. The number of likely N-dealkylation sites (tertiary alicyclic amines) is 1. The van der Waals surface area contributed by atoms with Crippen LogP contribution in [0.3, 0.4) is 0 Å². The minimum atomic E-state index is 0.241. The number of hydrogen-bond acceptors (Lipinski definition) is 3. The first kappa shape index (κ1) is 15.9. The summed E-state index contributed by atoms with van der Waals surface area (Å²) in [7, 11) is 0. The highest BCUT2D eigenvalue weighted by Crippen LogP contribution is 2.29. The second kappa shape index (κ2) is 7.46. The molecule has 0 aliphatic carbocycles. The monoisotopic (exact) mass is 255 g/mol. The Morgan fingerprint density at radius 1 is 1.22 bits per heavy atom. The third-order valence-electron chi connectivity index (χ3n) is 4.50. The van der Waals surface area contributed by atoms with Gasteiger partial charge >= 0.3 is 0 Å². The Labute approximate surface area is 114 Å². The molecule has 0 radical (unpaired) electrons. The first-order valence-corrected chi connectivity index (χ1v) is 7.78. The molecule has 1 rings (SSSR count). The van der Waals surface area contributed by atoms with E-state index >= 15 is 0 Å². The highest BCUT2D eigenvalue weighted by molar-refractivity contribution is 4.95. The van der Waals surface area contributed by atoms with Crippen molar-refractivity contribution in [3.63, 3.8) is 0 Å². The van der Waals surface area contributed by atoms with Crippen molar-refractivity contribution in [2.24, 2.45) is 5.73 Å². The summed E-state index contributed by atoms with van der Waals surface area (Å²) in [5, 5.41) is 0. The SMILES string of the molecule is CCCN1CCCC(CN)(N(CC)C(C)C)CC1. The summed E-state index contributed by atoms with van der Waals surface area (Å²) in [4.78, 5) is 5.24. The van der Waals surface area contributed by atoms with Crippen molar-refractivity contribution in [3.8, 4) is 0 Å². The summed E-state index contributed by atoms with van der Waals surface area (Å²) in [5.74, 6) is 0. The molecule has 1 unspecified atom stereocenters. The van der Waals surface area contributed by atoms with Crippen molar-refractivity contribution >= 4 is 0 Å². The van der Waals surface area contributed by atoms with E-state index in [1.54, 1.807) is 0 Å². The van der Waals surface area contributed by atoms with E-state index in [0.717, 1.165) is 13.1 Å². The van der Waals surface area contributed by atoms with Gasteiger partial charge in [-0.3, -0.25) is 4.90 Å². The molecule has 0 amide bonds. The van der Waals surface area contributed by atoms with E-state index < -0.39 is 0 Å². The molecule has 0 aromatic rings. The van der Waals surface area contributed by atoms with E-state index in [2.05, 4.69) is 37.5 Å². The summed E-state index contributed by atoms with van der Waals surface area (Å²) >= 11 is 0. The van der Waals surface area contributed by atoms with E-state index in [9.17, 15) is 0 Å². The Kier molecular flexibility index (Phi) is 6.61. The second-order valence-electron chi connectivity index (χ2n) is 6.00. The smallest absolute Gasteiger partial charge is 0.0346 e. The summed E-state index contributed by atoms with van der Waals surface area (Å²) in [5.41, 5.74) is 6.42. The highest BCUT2D eigenvalue weighted by atomic mass is 15.2. The largest absolute Gasteiger partial charge is 0.329 e. The van der Waals surface area contributed by atoms with E-state index in [1.165, 1.54) is 45.3 Å². The van der Waals surface area contributed by atoms with E-state index in [1.807, 2.05) is 0 Å². The quantitative estimate of drug-likeness (QED) is 0.790. The van der Waals surface area contributed by atoms with Crippen molar-refractivity contribution < 1.29 is 0 Å². The molecular formula is C15H33N3. The zero-order valence-corrected chi connectivity index (χ0v) is 12.9. The third-order valence-corrected chi connectivity index (χ3v) is 4.50. The average molecular weight is 255 g/mol. The van der Waals surface area contributed by atoms with E-state index in [-0.39, 0.29) is 5.54 Å². The molecule has 0 aromatic carbocycles. The fraction of sp³-hybridized carbons (Fsp3) is 1.00. The van der Waals surface area contributed by atoms with Crippen LogP contribution in [0.5, 0.6) is 0 Å². The molecule has 0 aromatic heterocycles. The van der Waals surface area contributed by atoms with Gasteiger partial charge in [0.05, 0.1) is 0 Å². The molecule has 1 fully saturated rings. The van der Waals surface area contributed by atoms with Crippen molar-refractivity contribution in [2.45, 2.75) is 65.0 Å². The Balaban J connectivity index is 2.75. The lowest BCUT2D eigenvalue weighted by atomic mass is 9.87. The summed E-state index contributed by atoms with van der Waals surface area (Å²) < 4.78 is 0. The molecule has 18 heavy (non-hydrogen) atoms. The molecule has 1 aliphatic heterocycles. The Bertz CT molecular complexity index is 230. The van der Waals surface area contributed by atoms with Crippen LogP contribution in [-0.4, -0.2) is 54.1 Å². The van der Waals surface area contributed by atoms with Crippen LogP contribution in [0.4, 0.5) is 0 Å². The van der Waals surface area contributed by atoms with Crippen molar-refractivity contribution in [1.29, 1.82) is 0 Å². The van der Waals surface area contributed by atoms with Crippen LogP contribution in [0.15, 0.2) is 0 Å². The predicted octanol–water partition coefficient (Wildman–Crippen LogP) is 2.31. The van der Waals surface area contributed by atoms with Crippen LogP contribution in [-0.2, 0) is 0 Å². The topological polar surface area (TPSA) is 32.5 Å². The van der Waals surface area contributed by atoms with Gasteiger partial charge in [0.1, 0.15) is 0 Å². The van der Waals surface area contributed by atoms with Gasteiger partial charge in [0.2, 0.25) is 0 Å². The fourth-order valence-corrected chi connectivity index (χ4v) is 3.63. The Morgan fingerprint density at radius 2 is 1.94 bits per heavy atom. The first-order chi connectivity index (χ1) is 8.59. The molecule has 0 spiro atoms. The van der Waals surface area contributed by atoms with Crippen LogP contribution >= 0.6 is 0 Å². The molecule has 1 atom stereocenters. The van der Waals surface area contributed by atoms with Crippen LogP contribution < -0.4 is 5.73 Å². The maximum Gasteiger partial charge on any atom is 0.0346 e. The Morgan fingerprint density at radius 3 is 2.44 bits per heavy atom. The first-order valence-electron chi connectivity index (χ1n) is 7.78. The van der Waals surface area contributed by atoms with E-state index in [4.69, 9.17) is 5.73 Å². The molecule has 3 nitrogen and oxygen atoms in total. The van der Waals surface area contributed by atoms with Gasteiger partial charge < -0.3 is 10.6 Å². The standard InChI is InChI=1S/C15H33N3/c1-5-10-17-11-7-8-15(13-16,9-12-17)18(6-2)14(3)4/h14H,5-13,16H2,1-4H3. The number of nitrogens with two attached hydrogens (primary N) is 1. The summed E-state index contributed by atoms with van der Waals surface area (Å²) in [6, 6.07) is 0.594. The van der Waals surface area contributed by atoms with Crippen molar-refractivity contribution in [1.82, 2.24) is 9.80 Å². The second-order valence-corrected chi connectivity index (χ2v) is 6.00. The fourth-order valence-electron chi connectivity index (χ4n) is 3.63. The predicted molar refractivity (Wildman–Crippen MR) is 79.9 cm³/mol. The number of rotatable bonds is 6. The van der Waals surface area contributed by atoms with Crippen LogP contribution in [0, 0.1) is 0 Å². The number of hydrogen-bond donors (Lipinski definition) is 1. The van der Waals surface area contributed by atoms with Crippen LogP contribution in [0.25, 0.3) is 0 Å². The molecular weight excluding hydrogens is 222 g/mol. The van der Waals surface area contributed by atoms with Crippen molar-refractivity contribution in [3.05, 3.63) is 0 Å². The molecule has 1 saturated heterocycles. The molecule has 0 saturated carbocycles. The van der Waals surface area contributed by atoms with Gasteiger partial charge in [-0.2, -0.15) is 0 Å². The van der Waals surface area contributed by atoms with Gasteiger partial charge in [-0.15, -0.1) is 0 Å². The lowest BCUT2D eigenvalue weighted by Gasteiger charge is -2.45. The van der Waals surface area contributed by atoms with E-state index in [0.29, 0.717) is 6.04 Å². The van der Waals surface area contributed by atoms with Gasteiger partial charge in [-0.25, -0.2) is 0 Å². The maximum absolute atomic E-state index is 6.18. The molecule has 0 bridgehead atoms. The Hall–Kier alpha value is -0.120. The van der Waals surface area contributed by atoms with Gasteiger partial charge in [0.25, 0.3) is 0 Å². The lowest BCUT2D eigenvalue weighted by molar-refractivity contribution is 0.0536. The molecule has 1 aliphatic rings. The molecule has 1 heterocycles. The van der Waals surface area contributed by atoms with Gasteiger partial charge in [-0.05, 0) is 65.7 Å².